The molecule has 3 aromatic rings. The van der Waals surface area contributed by atoms with Gasteiger partial charge in [0.25, 0.3) is 11.8 Å². The molecule has 1 fully saturated rings. The summed E-state index contributed by atoms with van der Waals surface area (Å²) in [6, 6.07) is 7.22. The summed E-state index contributed by atoms with van der Waals surface area (Å²) in [6.45, 7) is 3.29. The summed E-state index contributed by atoms with van der Waals surface area (Å²) in [5.41, 5.74) is 0.779. The van der Waals surface area contributed by atoms with Crippen LogP contribution in [0.15, 0.2) is 44.1 Å². The minimum Gasteiger partial charge on any atom is -0.444 e. The minimum absolute atomic E-state index is 0.0476. The highest BCUT2D eigenvalue weighted by molar-refractivity contribution is 9.10. The van der Waals surface area contributed by atoms with Gasteiger partial charge in [0.15, 0.2) is 16.3 Å². The number of nitrogens with one attached hydrogen (secondary N) is 1. The molecule has 0 bridgehead atoms. The standard InChI is InChI=1S/C17H16BrN5O3/c1-10-20-17(26-22-10)11-2-5-15(19-8-11)23-7-6-12(9-23)21-16(24)13-3-4-14(18)25-13/h2-5,8,12H,6-7,9H2,1H3,(H,21,24)/t12-/m1/s1. The van der Waals surface area contributed by atoms with Gasteiger partial charge in [-0.2, -0.15) is 4.98 Å². The topological polar surface area (TPSA) is 97.3 Å². The third-order valence-electron chi connectivity index (χ3n) is 4.17. The van der Waals surface area contributed by atoms with Crippen LogP contribution in [0.4, 0.5) is 5.82 Å². The van der Waals surface area contributed by atoms with Crippen molar-refractivity contribution < 1.29 is 13.7 Å². The van der Waals surface area contributed by atoms with E-state index in [-0.39, 0.29) is 11.9 Å². The summed E-state index contributed by atoms with van der Waals surface area (Å²) >= 11 is 3.20. The molecule has 0 aliphatic carbocycles. The fourth-order valence-electron chi connectivity index (χ4n) is 2.89. The molecule has 0 unspecified atom stereocenters. The van der Waals surface area contributed by atoms with Crippen LogP contribution in [0.1, 0.15) is 22.8 Å². The lowest BCUT2D eigenvalue weighted by atomic mass is 10.2. The zero-order valence-electron chi connectivity index (χ0n) is 14.0. The summed E-state index contributed by atoms with van der Waals surface area (Å²) in [5, 5.41) is 6.77. The Bertz CT molecular complexity index is 921. The van der Waals surface area contributed by atoms with Crippen LogP contribution in [0.5, 0.6) is 0 Å². The van der Waals surface area contributed by atoms with Crippen molar-refractivity contribution in [2.45, 2.75) is 19.4 Å². The molecule has 134 valence electrons. The van der Waals surface area contributed by atoms with Crippen molar-refractivity contribution in [2.75, 3.05) is 18.0 Å². The molecule has 1 aliphatic heterocycles. The number of anilines is 1. The van der Waals surface area contributed by atoms with Crippen molar-refractivity contribution in [3.05, 3.63) is 46.7 Å². The van der Waals surface area contributed by atoms with Gasteiger partial charge in [0.2, 0.25) is 0 Å². The van der Waals surface area contributed by atoms with Crippen LogP contribution in [-0.4, -0.2) is 40.2 Å². The third-order valence-corrected chi connectivity index (χ3v) is 4.59. The second kappa shape index (κ2) is 6.91. The molecule has 0 radical (unpaired) electrons. The van der Waals surface area contributed by atoms with E-state index in [0.29, 0.717) is 28.7 Å². The fraction of sp³-hybridized carbons (Fsp3) is 0.294. The summed E-state index contributed by atoms with van der Waals surface area (Å²) in [6.07, 6.45) is 2.56. The number of hydrogen-bond donors (Lipinski definition) is 1. The average Bonchev–Trinajstić information content (AvgIpc) is 3.36. The molecule has 0 spiro atoms. The first-order chi connectivity index (χ1) is 12.6. The molecule has 1 saturated heterocycles. The molecule has 4 rings (SSSR count). The van der Waals surface area contributed by atoms with E-state index in [1.807, 2.05) is 12.1 Å². The zero-order valence-corrected chi connectivity index (χ0v) is 15.6. The lowest BCUT2D eigenvalue weighted by molar-refractivity contribution is 0.0911. The first kappa shape index (κ1) is 16.8. The minimum atomic E-state index is -0.211. The Hall–Kier alpha value is -2.68. The predicted molar refractivity (Wildman–Crippen MR) is 96.8 cm³/mol. The van der Waals surface area contributed by atoms with Crippen LogP contribution >= 0.6 is 15.9 Å². The normalized spacial score (nSPS) is 16.8. The van der Waals surface area contributed by atoms with E-state index in [4.69, 9.17) is 8.94 Å². The molecule has 1 aliphatic rings. The number of amides is 1. The second-order valence-electron chi connectivity index (χ2n) is 6.06. The van der Waals surface area contributed by atoms with Crippen molar-refractivity contribution >= 4 is 27.7 Å². The molecule has 1 atom stereocenters. The van der Waals surface area contributed by atoms with Crippen molar-refractivity contribution in [1.82, 2.24) is 20.4 Å². The van der Waals surface area contributed by atoms with E-state index in [1.165, 1.54) is 0 Å². The highest BCUT2D eigenvalue weighted by Crippen LogP contribution is 2.22. The lowest BCUT2D eigenvalue weighted by Crippen LogP contribution is -2.37. The highest BCUT2D eigenvalue weighted by Gasteiger charge is 2.26. The Morgan fingerprint density at radius 1 is 1.35 bits per heavy atom. The van der Waals surface area contributed by atoms with E-state index < -0.39 is 0 Å². The maximum atomic E-state index is 12.2. The van der Waals surface area contributed by atoms with E-state index in [2.05, 4.69) is 41.3 Å². The number of rotatable bonds is 4. The van der Waals surface area contributed by atoms with Gasteiger partial charge in [-0.3, -0.25) is 4.79 Å². The Morgan fingerprint density at radius 2 is 2.23 bits per heavy atom. The van der Waals surface area contributed by atoms with E-state index in [1.54, 1.807) is 25.3 Å². The van der Waals surface area contributed by atoms with Crippen LogP contribution in [0.3, 0.4) is 0 Å². The highest BCUT2D eigenvalue weighted by atomic mass is 79.9. The number of carbonyl (C=O) groups is 1. The number of halogens is 1. The maximum Gasteiger partial charge on any atom is 0.287 e. The fourth-order valence-corrected chi connectivity index (χ4v) is 3.20. The van der Waals surface area contributed by atoms with Gasteiger partial charge in [-0.25, -0.2) is 4.98 Å². The van der Waals surface area contributed by atoms with E-state index in [9.17, 15) is 4.79 Å². The molecule has 26 heavy (non-hydrogen) atoms. The van der Waals surface area contributed by atoms with Gasteiger partial charge in [0, 0.05) is 25.3 Å². The SMILES string of the molecule is Cc1noc(-c2ccc(N3CC[C@@H](NC(=O)c4ccc(Br)o4)C3)nc2)n1. The van der Waals surface area contributed by atoms with Crippen molar-refractivity contribution in [1.29, 1.82) is 0 Å². The number of hydrogen-bond acceptors (Lipinski definition) is 7. The monoisotopic (exact) mass is 417 g/mol. The van der Waals surface area contributed by atoms with Gasteiger partial charge < -0.3 is 19.2 Å². The first-order valence-electron chi connectivity index (χ1n) is 8.16. The Kier molecular flexibility index (Phi) is 4.46. The van der Waals surface area contributed by atoms with Crippen molar-refractivity contribution in [3.8, 4) is 11.5 Å². The smallest absolute Gasteiger partial charge is 0.287 e. The molecule has 4 heterocycles. The van der Waals surface area contributed by atoms with Gasteiger partial charge in [0.1, 0.15) is 5.82 Å². The molecule has 1 amide bonds. The third kappa shape index (κ3) is 3.48. The summed E-state index contributed by atoms with van der Waals surface area (Å²) in [4.78, 5) is 23.0. The van der Waals surface area contributed by atoms with Gasteiger partial charge >= 0.3 is 0 Å². The van der Waals surface area contributed by atoms with Crippen molar-refractivity contribution in [2.24, 2.45) is 0 Å². The number of aryl methyl sites for hydroxylation is 1. The predicted octanol–water partition coefficient (Wildman–Crippen LogP) is 2.80. The van der Waals surface area contributed by atoms with Crippen LogP contribution < -0.4 is 10.2 Å². The Balaban J connectivity index is 1.38. The van der Waals surface area contributed by atoms with Crippen LogP contribution in [0, 0.1) is 6.92 Å². The molecule has 0 aromatic carbocycles. The number of nitrogens with zero attached hydrogens (tertiary/aromatic N) is 4. The van der Waals surface area contributed by atoms with E-state index in [0.717, 1.165) is 24.3 Å². The largest absolute Gasteiger partial charge is 0.444 e. The molecule has 1 N–H and O–H groups in total. The molecule has 8 nitrogen and oxygen atoms in total. The van der Waals surface area contributed by atoms with E-state index >= 15 is 0 Å². The molecule has 0 saturated carbocycles. The number of aromatic nitrogens is 3. The van der Waals surface area contributed by atoms with Crippen molar-refractivity contribution in [3.63, 3.8) is 0 Å². The number of pyridine rings is 1. The average molecular weight is 418 g/mol. The maximum absolute atomic E-state index is 12.2. The Labute approximate surface area is 157 Å². The molecule has 3 aromatic heterocycles. The number of carbonyl (C=O) groups excluding carboxylic acids is 1. The van der Waals surface area contributed by atoms with Crippen LogP contribution in [0.25, 0.3) is 11.5 Å². The summed E-state index contributed by atoms with van der Waals surface area (Å²) in [5.74, 6) is 1.98. The van der Waals surface area contributed by atoms with Crippen LogP contribution in [0.2, 0.25) is 0 Å². The first-order valence-corrected chi connectivity index (χ1v) is 8.95. The molecular weight excluding hydrogens is 402 g/mol. The molecule has 9 heteroatoms. The summed E-state index contributed by atoms with van der Waals surface area (Å²) < 4.78 is 11.0. The quantitative estimate of drug-likeness (QED) is 0.696. The lowest BCUT2D eigenvalue weighted by Gasteiger charge is -2.17. The van der Waals surface area contributed by atoms with Crippen LogP contribution in [-0.2, 0) is 0 Å². The van der Waals surface area contributed by atoms with Gasteiger partial charge in [0.05, 0.1) is 5.56 Å². The number of furan rings is 1. The molecular formula is C17H16BrN5O3. The zero-order chi connectivity index (χ0) is 18.1. The van der Waals surface area contributed by atoms with Gasteiger partial charge in [-0.1, -0.05) is 5.16 Å². The summed E-state index contributed by atoms with van der Waals surface area (Å²) in [7, 11) is 0. The Morgan fingerprint density at radius 3 is 2.88 bits per heavy atom. The van der Waals surface area contributed by atoms with Gasteiger partial charge in [-0.05, 0) is 53.5 Å². The van der Waals surface area contributed by atoms with Gasteiger partial charge in [-0.15, -0.1) is 0 Å². The second-order valence-corrected chi connectivity index (χ2v) is 6.84.